The SMILES string of the molecule is CC(C(N)=S)S(=O)(=O)NCCOc1ccccc1. The average Bonchev–Trinajstić information content (AvgIpc) is 2.35. The van der Waals surface area contributed by atoms with Crippen LogP contribution < -0.4 is 15.2 Å². The van der Waals surface area contributed by atoms with E-state index in [2.05, 4.69) is 16.9 Å². The molecule has 0 amide bonds. The fourth-order valence-electron chi connectivity index (χ4n) is 1.15. The molecular weight excluding hydrogens is 272 g/mol. The third-order valence-electron chi connectivity index (χ3n) is 2.28. The molecule has 0 saturated carbocycles. The average molecular weight is 288 g/mol. The number of thiocarbonyl (C=S) groups is 1. The Morgan fingerprint density at radius 1 is 1.44 bits per heavy atom. The molecule has 1 aromatic carbocycles. The molecule has 3 N–H and O–H groups in total. The van der Waals surface area contributed by atoms with Crippen LogP contribution in [0.3, 0.4) is 0 Å². The van der Waals surface area contributed by atoms with Gasteiger partial charge in [-0.2, -0.15) is 0 Å². The fourth-order valence-corrected chi connectivity index (χ4v) is 2.45. The molecule has 0 heterocycles. The first kappa shape index (κ1) is 14.9. The molecule has 18 heavy (non-hydrogen) atoms. The van der Waals surface area contributed by atoms with Gasteiger partial charge in [-0.1, -0.05) is 30.4 Å². The summed E-state index contributed by atoms with van der Waals surface area (Å²) in [4.78, 5) is -0.0496. The molecular formula is C11H16N2O3S2. The monoisotopic (exact) mass is 288 g/mol. The van der Waals surface area contributed by atoms with Crippen molar-refractivity contribution in [3.8, 4) is 5.75 Å². The molecule has 1 aromatic rings. The van der Waals surface area contributed by atoms with E-state index in [-0.39, 0.29) is 18.1 Å². The lowest BCUT2D eigenvalue weighted by atomic mass is 10.3. The van der Waals surface area contributed by atoms with E-state index >= 15 is 0 Å². The predicted octanol–water partition coefficient (Wildman–Crippen LogP) is 0.659. The lowest BCUT2D eigenvalue weighted by Crippen LogP contribution is -2.41. The molecule has 100 valence electrons. The maximum Gasteiger partial charge on any atom is 0.220 e. The number of sulfonamides is 1. The Hall–Kier alpha value is -1.18. The predicted molar refractivity (Wildman–Crippen MR) is 75.1 cm³/mol. The Balaban J connectivity index is 2.36. The minimum atomic E-state index is -3.51. The molecule has 0 bridgehead atoms. The molecule has 0 radical (unpaired) electrons. The summed E-state index contributed by atoms with van der Waals surface area (Å²) < 4.78 is 31.0. The van der Waals surface area contributed by atoms with E-state index in [4.69, 9.17) is 10.5 Å². The van der Waals surface area contributed by atoms with Gasteiger partial charge in [-0.25, -0.2) is 13.1 Å². The van der Waals surface area contributed by atoms with Crippen LogP contribution in [0.25, 0.3) is 0 Å². The van der Waals surface area contributed by atoms with Crippen molar-refractivity contribution in [1.82, 2.24) is 4.72 Å². The van der Waals surface area contributed by atoms with Gasteiger partial charge in [-0.15, -0.1) is 0 Å². The first-order valence-electron chi connectivity index (χ1n) is 5.39. The second-order valence-corrected chi connectivity index (χ2v) is 6.20. The Labute approximate surface area is 112 Å². The first-order valence-corrected chi connectivity index (χ1v) is 7.34. The highest BCUT2D eigenvalue weighted by Crippen LogP contribution is 2.07. The van der Waals surface area contributed by atoms with Gasteiger partial charge in [0.2, 0.25) is 10.0 Å². The van der Waals surface area contributed by atoms with Gasteiger partial charge in [0.1, 0.15) is 17.6 Å². The van der Waals surface area contributed by atoms with Crippen LogP contribution in [0.15, 0.2) is 30.3 Å². The second-order valence-electron chi connectivity index (χ2n) is 3.65. The smallest absolute Gasteiger partial charge is 0.220 e. The lowest BCUT2D eigenvalue weighted by Gasteiger charge is -2.12. The molecule has 5 nitrogen and oxygen atoms in total. The molecule has 1 unspecified atom stereocenters. The summed E-state index contributed by atoms with van der Waals surface area (Å²) in [6, 6.07) is 9.15. The highest BCUT2D eigenvalue weighted by Gasteiger charge is 2.22. The molecule has 0 aliphatic carbocycles. The van der Waals surface area contributed by atoms with Crippen LogP contribution in [-0.4, -0.2) is 31.8 Å². The van der Waals surface area contributed by atoms with Crippen molar-refractivity contribution < 1.29 is 13.2 Å². The Bertz CT molecular complexity index is 488. The molecule has 0 spiro atoms. The van der Waals surface area contributed by atoms with E-state index < -0.39 is 15.3 Å². The van der Waals surface area contributed by atoms with E-state index in [0.29, 0.717) is 5.75 Å². The normalized spacial score (nSPS) is 12.9. The Morgan fingerprint density at radius 2 is 2.06 bits per heavy atom. The number of nitrogens with one attached hydrogen (secondary N) is 1. The van der Waals surface area contributed by atoms with Crippen LogP contribution in [0, 0.1) is 0 Å². The second kappa shape index (κ2) is 6.67. The summed E-state index contributed by atoms with van der Waals surface area (Å²) in [6.07, 6.45) is 0. The van der Waals surface area contributed by atoms with Gasteiger partial charge in [-0.3, -0.25) is 0 Å². The maximum atomic E-state index is 11.6. The minimum absolute atomic E-state index is 0.0496. The molecule has 7 heteroatoms. The molecule has 1 rings (SSSR count). The van der Waals surface area contributed by atoms with Crippen molar-refractivity contribution in [3.05, 3.63) is 30.3 Å². The molecule has 1 atom stereocenters. The highest BCUT2D eigenvalue weighted by atomic mass is 32.2. The van der Waals surface area contributed by atoms with E-state index in [1.807, 2.05) is 18.2 Å². The van der Waals surface area contributed by atoms with Crippen molar-refractivity contribution in [1.29, 1.82) is 0 Å². The van der Waals surface area contributed by atoms with Crippen LogP contribution in [-0.2, 0) is 10.0 Å². The number of nitrogens with two attached hydrogens (primary N) is 1. The third kappa shape index (κ3) is 4.59. The fraction of sp³-hybridized carbons (Fsp3) is 0.364. The minimum Gasteiger partial charge on any atom is -0.492 e. The van der Waals surface area contributed by atoms with Gasteiger partial charge >= 0.3 is 0 Å². The molecule has 0 fully saturated rings. The zero-order valence-corrected chi connectivity index (χ0v) is 11.6. The van der Waals surface area contributed by atoms with Crippen LogP contribution >= 0.6 is 12.2 Å². The van der Waals surface area contributed by atoms with Crippen molar-refractivity contribution >= 4 is 27.2 Å². The molecule has 0 aliphatic rings. The zero-order valence-electron chi connectivity index (χ0n) is 10.00. The van der Waals surface area contributed by atoms with Gasteiger partial charge in [0.15, 0.2) is 0 Å². The maximum absolute atomic E-state index is 11.6. The number of ether oxygens (including phenoxy) is 1. The highest BCUT2D eigenvalue weighted by molar-refractivity contribution is 7.93. The van der Waals surface area contributed by atoms with Gasteiger partial charge in [0.05, 0.1) is 4.99 Å². The summed E-state index contributed by atoms with van der Waals surface area (Å²) in [5.74, 6) is 0.694. The number of para-hydroxylation sites is 1. The summed E-state index contributed by atoms with van der Waals surface area (Å²) in [5.41, 5.74) is 5.30. The van der Waals surface area contributed by atoms with Crippen LogP contribution in [0.5, 0.6) is 5.75 Å². The standard InChI is InChI=1S/C11H16N2O3S2/c1-9(11(12)17)18(14,15)13-7-8-16-10-5-3-2-4-6-10/h2-6,9,13H,7-8H2,1H3,(H2,12,17). The number of rotatable bonds is 7. The van der Waals surface area contributed by atoms with Crippen LogP contribution in [0.2, 0.25) is 0 Å². The van der Waals surface area contributed by atoms with Gasteiger partial charge in [0.25, 0.3) is 0 Å². The molecule has 0 aliphatic heterocycles. The van der Waals surface area contributed by atoms with Crippen LogP contribution in [0.4, 0.5) is 0 Å². The van der Waals surface area contributed by atoms with E-state index in [1.54, 1.807) is 12.1 Å². The number of benzene rings is 1. The molecule has 0 saturated heterocycles. The lowest BCUT2D eigenvalue weighted by molar-refractivity contribution is 0.323. The van der Waals surface area contributed by atoms with E-state index in [9.17, 15) is 8.42 Å². The number of hydrogen-bond acceptors (Lipinski definition) is 4. The summed E-state index contributed by atoms with van der Waals surface area (Å²) in [6.45, 7) is 1.86. The van der Waals surface area contributed by atoms with Crippen molar-refractivity contribution in [2.24, 2.45) is 5.73 Å². The summed E-state index contributed by atoms with van der Waals surface area (Å²) in [7, 11) is -3.51. The molecule has 0 aromatic heterocycles. The zero-order chi connectivity index (χ0) is 13.6. The summed E-state index contributed by atoms with van der Waals surface area (Å²) >= 11 is 4.65. The number of hydrogen-bond donors (Lipinski definition) is 2. The van der Waals surface area contributed by atoms with Gasteiger partial charge in [0, 0.05) is 6.54 Å². The Morgan fingerprint density at radius 3 is 2.61 bits per heavy atom. The quantitative estimate of drug-likeness (QED) is 0.569. The first-order chi connectivity index (χ1) is 8.43. The van der Waals surface area contributed by atoms with Crippen molar-refractivity contribution in [2.75, 3.05) is 13.2 Å². The van der Waals surface area contributed by atoms with Crippen molar-refractivity contribution in [2.45, 2.75) is 12.2 Å². The largest absolute Gasteiger partial charge is 0.492 e. The summed E-state index contributed by atoms with van der Waals surface area (Å²) in [5, 5.41) is -0.885. The van der Waals surface area contributed by atoms with Gasteiger partial charge < -0.3 is 10.5 Å². The van der Waals surface area contributed by atoms with E-state index in [1.165, 1.54) is 6.92 Å². The Kier molecular flexibility index (Phi) is 5.52. The van der Waals surface area contributed by atoms with Crippen LogP contribution in [0.1, 0.15) is 6.92 Å². The van der Waals surface area contributed by atoms with Gasteiger partial charge in [-0.05, 0) is 19.1 Å². The topological polar surface area (TPSA) is 81.4 Å². The third-order valence-corrected chi connectivity index (χ3v) is 4.58. The van der Waals surface area contributed by atoms with E-state index in [0.717, 1.165) is 0 Å². The van der Waals surface area contributed by atoms with Crippen molar-refractivity contribution in [3.63, 3.8) is 0 Å².